The first-order valence-corrected chi connectivity index (χ1v) is 9.71. The second-order valence-corrected chi connectivity index (χ2v) is 6.95. The molecule has 2 bridgehead atoms. The van der Waals surface area contributed by atoms with Gasteiger partial charge < -0.3 is 20.3 Å². The average Bonchev–Trinajstić information content (AvgIpc) is 3.28. The summed E-state index contributed by atoms with van der Waals surface area (Å²) in [5.41, 5.74) is 1.14. The van der Waals surface area contributed by atoms with Gasteiger partial charge in [-0.3, -0.25) is 4.79 Å². The molecule has 1 amide bonds. The number of hydrogen-bond donors (Lipinski definition) is 2. The summed E-state index contributed by atoms with van der Waals surface area (Å²) in [7, 11) is 0. The van der Waals surface area contributed by atoms with Crippen LogP contribution in [0.2, 0.25) is 0 Å². The number of guanidine groups is 1. The molecule has 2 saturated heterocycles. The summed E-state index contributed by atoms with van der Waals surface area (Å²) in [5, 5.41) is 6.70. The van der Waals surface area contributed by atoms with E-state index in [4.69, 9.17) is 4.74 Å². The van der Waals surface area contributed by atoms with Gasteiger partial charge in [0.25, 0.3) is 0 Å². The van der Waals surface area contributed by atoms with Gasteiger partial charge in [-0.1, -0.05) is 30.3 Å². The Balaban J connectivity index is 1.56. The second-order valence-electron chi connectivity index (χ2n) is 6.95. The van der Waals surface area contributed by atoms with Gasteiger partial charge in [-0.05, 0) is 38.7 Å². The van der Waals surface area contributed by atoms with Crippen LogP contribution in [-0.4, -0.2) is 54.7 Å². The van der Waals surface area contributed by atoms with Crippen LogP contribution in [0.5, 0.6) is 0 Å². The van der Waals surface area contributed by atoms with Gasteiger partial charge in [-0.25, -0.2) is 4.99 Å². The van der Waals surface area contributed by atoms with Crippen LogP contribution in [0.1, 0.15) is 38.7 Å². The lowest BCUT2D eigenvalue weighted by Gasteiger charge is -2.23. The fraction of sp³-hybridized carbons (Fsp3) is 0.600. The average molecular weight is 358 g/mol. The molecule has 0 aromatic heterocycles. The van der Waals surface area contributed by atoms with Crippen LogP contribution >= 0.6 is 0 Å². The number of hydrogen-bond acceptors (Lipinski definition) is 3. The van der Waals surface area contributed by atoms with E-state index in [1.807, 2.05) is 49.1 Å². The molecule has 6 nitrogen and oxygen atoms in total. The first-order valence-electron chi connectivity index (χ1n) is 9.71. The van der Waals surface area contributed by atoms with E-state index in [1.54, 1.807) is 0 Å². The number of carbonyl (C=O) groups excluding carboxylic acids is 1. The molecule has 3 rings (SSSR count). The Morgan fingerprint density at radius 3 is 2.69 bits per heavy atom. The van der Waals surface area contributed by atoms with Crippen molar-refractivity contribution >= 4 is 11.9 Å². The third kappa shape index (κ3) is 4.75. The number of nitrogens with zero attached hydrogens (tertiary/aromatic N) is 2. The number of likely N-dealkylation sites (N-methyl/N-ethyl adjacent to an activating group) is 1. The molecule has 2 fully saturated rings. The van der Waals surface area contributed by atoms with Gasteiger partial charge in [0.05, 0.1) is 18.2 Å². The van der Waals surface area contributed by atoms with Gasteiger partial charge in [0.15, 0.2) is 5.96 Å². The predicted octanol–water partition coefficient (Wildman–Crippen LogP) is 1.91. The van der Waals surface area contributed by atoms with Crippen LogP contribution < -0.4 is 10.6 Å². The molecule has 2 aliphatic rings. The molecule has 142 valence electrons. The third-order valence-electron chi connectivity index (χ3n) is 5.10. The van der Waals surface area contributed by atoms with E-state index in [1.165, 1.54) is 6.42 Å². The van der Waals surface area contributed by atoms with E-state index in [9.17, 15) is 4.79 Å². The minimum absolute atomic E-state index is 0.0396. The lowest BCUT2D eigenvalue weighted by atomic mass is 9.96. The smallest absolute Gasteiger partial charge is 0.244 e. The monoisotopic (exact) mass is 358 g/mol. The molecule has 3 atom stereocenters. The molecule has 2 heterocycles. The molecule has 2 N–H and O–H groups in total. The topological polar surface area (TPSA) is 66.0 Å². The summed E-state index contributed by atoms with van der Waals surface area (Å²) >= 11 is 0. The van der Waals surface area contributed by atoms with Crippen molar-refractivity contribution in [2.24, 2.45) is 4.99 Å². The van der Waals surface area contributed by atoms with E-state index in [0.29, 0.717) is 31.2 Å². The first-order chi connectivity index (χ1) is 12.7. The van der Waals surface area contributed by atoms with Crippen molar-refractivity contribution in [1.82, 2.24) is 15.5 Å². The Kier molecular flexibility index (Phi) is 6.50. The van der Waals surface area contributed by atoms with Crippen LogP contribution in [-0.2, 0) is 16.1 Å². The van der Waals surface area contributed by atoms with E-state index in [0.717, 1.165) is 24.9 Å². The van der Waals surface area contributed by atoms with Crippen LogP contribution in [0.15, 0.2) is 35.3 Å². The zero-order valence-corrected chi connectivity index (χ0v) is 15.8. The van der Waals surface area contributed by atoms with E-state index in [-0.39, 0.29) is 18.6 Å². The summed E-state index contributed by atoms with van der Waals surface area (Å²) in [6, 6.07) is 10.4. The van der Waals surface area contributed by atoms with Gasteiger partial charge in [0.1, 0.15) is 6.54 Å². The maximum Gasteiger partial charge on any atom is 0.244 e. The van der Waals surface area contributed by atoms with Crippen molar-refractivity contribution < 1.29 is 9.53 Å². The molecule has 0 aliphatic carbocycles. The summed E-state index contributed by atoms with van der Waals surface area (Å²) < 4.78 is 5.89. The maximum atomic E-state index is 12.6. The predicted molar refractivity (Wildman–Crippen MR) is 103 cm³/mol. The Morgan fingerprint density at radius 2 is 2.08 bits per heavy atom. The molecule has 0 spiro atoms. The normalized spacial score (nSPS) is 24.5. The maximum absolute atomic E-state index is 12.6. The lowest BCUT2D eigenvalue weighted by Crippen LogP contribution is -2.47. The van der Waals surface area contributed by atoms with E-state index < -0.39 is 0 Å². The summed E-state index contributed by atoms with van der Waals surface area (Å²) in [6.45, 7) is 6.24. The number of rotatable bonds is 7. The number of aliphatic imine (C=N–C) groups is 1. The third-order valence-corrected chi connectivity index (χ3v) is 5.10. The Bertz CT molecular complexity index is 619. The molecule has 1 aromatic rings. The van der Waals surface area contributed by atoms with Gasteiger partial charge in [-0.15, -0.1) is 0 Å². The van der Waals surface area contributed by atoms with Crippen LogP contribution in [0.3, 0.4) is 0 Å². The van der Waals surface area contributed by atoms with Gasteiger partial charge in [-0.2, -0.15) is 0 Å². The highest BCUT2D eigenvalue weighted by atomic mass is 16.5. The Hall–Kier alpha value is -2.08. The SMILES string of the molecule is CCNC(=NCC(=O)N(CC)Cc1ccccc1)NC1CC2CCC1O2. The fourth-order valence-corrected chi connectivity index (χ4v) is 3.71. The van der Waals surface area contributed by atoms with Crippen molar-refractivity contribution in [2.75, 3.05) is 19.6 Å². The number of carbonyl (C=O) groups is 1. The molecule has 0 radical (unpaired) electrons. The minimum atomic E-state index is 0.0396. The zero-order valence-electron chi connectivity index (χ0n) is 15.8. The highest BCUT2D eigenvalue weighted by Gasteiger charge is 2.41. The largest absolute Gasteiger partial charge is 0.373 e. The second kappa shape index (κ2) is 9.03. The van der Waals surface area contributed by atoms with Crippen molar-refractivity contribution in [3.63, 3.8) is 0 Å². The quantitative estimate of drug-likeness (QED) is 0.577. The summed E-state index contributed by atoms with van der Waals surface area (Å²) in [5.74, 6) is 0.746. The molecule has 3 unspecified atom stereocenters. The Morgan fingerprint density at radius 1 is 1.27 bits per heavy atom. The van der Waals surface area contributed by atoms with E-state index >= 15 is 0 Å². The highest BCUT2D eigenvalue weighted by Crippen LogP contribution is 2.34. The molecule has 2 aliphatic heterocycles. The fourth-order valence-electron chi connectivity index (χ4n) is 3.71. The molecular formula is C20H30N4O2. The summed E-state index contributed by atoms with van der Waals surface area (Å²) in [6.07, 6.45) is 3.98. The number of benzene rings is 1. The molecule has 26 heavy (non-hydrogen) atoms. The van der Waals surface area contributed by atoms with Crippen LogP contribution in [0, 0.1) is 0 Å². The standard InChI is InChI=1S/C20H30N4O2/c1-3-21-20(23-17-12-16-10-11-18(17)26-16)22-13-19(25)24(4-2)14-15-8-6-5-7-9-15/h5-9,16-18H,3-4,10-14H2,1-2H3,(H2,21,22,23). The van der Waals surface area contributed by atoms with Crippen molar-refractivity contribution in [3.05, 3.63) is 35.9 Å². The van der Waals surface area contributed by atoms with Gasteiger partial charge in [0, 0.05) is 19.6 Å². The first kappa shape index (κ1) is 18.7. The van der Waals surface area contributed by atoms with E-state index in [2.05, 4.69) is 15.6 Å². The molecule has 6 heteroatoms. The lowest BCUT2D eigenvalue weighted by molar-refractivity contribution is -0.130. The highest BCUT2D eigenvalue weighted by molar-refractivity contribution is 5.85. The van der Waals surface area contributed by atoms with Crippen LogP contribution in [0.4, 0.5) is 0 Å². The molecule has 0 saturated carbocycles. The Labute approximate surface area is 156 Å². The number of ether oxygens (including phenoxy) is 1. The van der Waals surface area contributed by atoms with Crippen LogP contribution in [0.25, 0.3) is 0 Å². The van der Waals surface area contributed by atoms with Gasteiger partial charge in [0.2, 0.25) is 5.91 Å². The number of amides is 1. The zero-order chi connectivity index (χ0) is 18.4. The molecular weight excluding hydrogens is 328 g/mol. The van der Waals surface area contributed by atoms with Crippen molar-refractivity contribution in [3.8, 4) is 0 Å². The number of fused-ring (bicyclic) bond motifs is 2. The summed E-state index contributed by atoms with van der Waals surface area (Å²) in [4.78, 5) is 18.9. The van der Waals surface area contributed by atoms with Gasteiger partial charge >= 0.3 is 0 Å². The van der Waals surface area contributed by atoms with Crippen molar-refractivity contribution in [2.45, 2.75) is 57.9 Å². The van der Waals surface area contributed by atoms with Crippen molar-refractivity contribution in [1.29, 1.82) is 0 Å². The molecule has 1 aromatic carbocycles. The minimum Gasteiger partial charge on any atom is -0.373 e. The number of nitrogens with one attached hydrogen (secondary N) is 2.